The number of hydrogen-bond acceptors (Lipinski definition) is 4. The summed E-state index contributed by atoms with van der Waals surface area (Å²) >= 11 is 5.94. The number of nitrogens with two attached hydrogens (primary N) is 1. The first-order valence-electron chi connectivity index (χ1n) is 6.77. The Kier molecular flexibility index (Phi) is 6.30. The van der Waals surface area contributed by atoms with Gasteiger partial charge < -0.3 is 20.5 Å². The number of halogens is 1. The van der Waals surface area contributed by atoms with E-state index in [0.29, 0.717) is 23.9 Å². The van der Waals surface area contributed by atoms with Crippen molar-refractivity contribution in [1.29, 1.82) is 0 Å². The molecule has 1 rings (SSSR count). The van der Waals surface area contributed by atoms with Crippen LogP contribution in [0.4, 0.5) is 4.79 Å². The van der Waals surface area contributed by atoms with Gasteiger partial charge in [-0.05, 0) is 32.9 Å². The van der Waals surface area contributed by atoms with Crippen LogP contribution in [0.15, 0.2) is 18.2 Å². The summed E-state index contributed by atoms with van der Waals surface area (Å²) < 4.78 is 10.5. The first kappa shape index (κ1) is 17.6. The molecule has 1 atom stereocenters. The summed E-state index contributed by atoms with van der Waals surface area (Å²) in [6.07, 6.45) is -0.464. The second-order valence-electron chi connectivity index (χ2n) is 5.70. The number of amides is 1. The molecule has 3 N–H and O–H groups in total. The Morgan fingerprint density at radius 2 is 2.10 bits per heavy atom. The Labute approximate surface area is 130 Å². The molecule has 21 heavy (non-hydrogen) atoms. The third kappa shape index (κ3) is 5.81. The van der Waals surface area contributed by atoms with Gasteiger partial charge in [-0.3, -0.25) is 0 Å². The van der Waals surface area contributed by atoms with Crippen LogP contribution in [-0.2, 0) is 4.74 Å². The van der Waals surface area contributed by atoms with Gasteiger partial charge in [0.05, 0.1) is 7.11 Å². The predicted octanol–water partition coefficient (Wildman–Crippen LogP) is 2.92. The van der Waals surface area contributed by atoms with Gasteiger partial charge in [-0.1, -0.05) is 17.7 Å². The third-order valence-electron chi connectivity index (χ3n) is 2.81. The quantitative estimate of drug-likeness (QED) is 0.876. The fraction of sp³-hybridized carbons (Fsp3) is 0.533. The molecule has 6 heteroatoms. The van der Waals surface area contributed by atoms with Crippen molar-refractivity contribution in [3.63, 3.8) is 0 Å². The minimum Gasteiger partial charge on any atom is -0.496 e. The average Bonchev–Trinajstić information content (AvgIpc) is 2.38. The fourth-order valence-corrected chi connectivity index (χ4v) is 2.03. The maximum Gasteiger partial charge on any atom is 0.407 e. The molecule has 0 aliphatic heterocycles. The number of rotatable bonds is 5. The molecule has 0 spiro atoms. The molecule has 5 nitrogen and oxygen atoms in total. The number of hydrogen-bond donors (Lipinski definition) is 2. The first-order valence-corrected chi connectivity index (χ1v) is 7.15. The summed E-state index contributed by atoms with van der Waals surface area (Å²) in [5.41, 5.74) is 6.17. The summed E-state index contributed by atoms with van der Waals surface area (Å²) in [5, 5.41) is 3.31. The summed E-state index contributed by atoms with van der Waals surface area (Å²) in [6.45, 7) is 6.18. The van der Waals surface area contributed by atoms with Crippen LogP contribution in [0, 0.1) is 0 Å². The van der Waals surface area contributed by atoms with Crippen LogP contribution in [0.3, 0.4) is 0 Å². The molecular weight excluding hydrogens is 292 g/mol. The van der Waals surface area contributed by atoms with E-state index in [1.807, 2.05) is 26.8 Å². The Hall–Kier alpha value is -1.46. The molecule has 1 unspecified atom stereocenters. The number of ether oxygens (including phenoxy) is 2. The molecule has 1 aromatic carbocycles. The summed E-state index contributed by atoms with van der Waals surface area (Å²) in [5.74, 6) is 0.577. The van der Waals surface area contributed by atoms with E-state index in [2.05, 4.69) is 5.32 Å². The fourth-order valence-electron chi connectivity index (χ4n) is 1.86. The summed E-state index contributed by atoms with van der Waals surface area (Å²) in [7, 11) is 1.57. The van der Waals surface area contributed by atoms with Gasteiger partial charge in [0.25, 0.3) is 0 Å². The van der Waals surface area contributed by atoms with E-state index in [1.165, 1.54) is 0 Å². The molecule has 0 saturated heterocycles. The van der Waals surface area contributed by atoms with Crippen molar-refractivity contribution in [1.82, 2.24) is 5.32 Å². The molecule has 0 saturated carbocycles. The third-order valence-corrected chi connectivity index (χ3v) is 3.05. The van der Waals surface area contributed by atoms with Crippen LogP contribution < -0.4 is 15.8 Å². The lowest BCUT2D eigenvalue weighted by Gasteiger charge is -2.22. The monoisotopic (exact) mass is 314 g/mol. The Balaban J connectivity index is 2.74. The van der Waals surface area contributed by atoms with Crippen molar-refractivity contribution in [2.45, 2.75) is 32.3 Å². The molecule has 0 radical (unpaired) electrons. The summed E-state index contributed by atoms with van der Waals surface area (Å²) in [6, 6.07) is 5.36. The SMILES string of the molecule is COc1cc(Cl)ccc1C(CN)CNC(=O)OC(C)(C)C. The lowest BCUT2D eigenvalue weighted by molar-refractivity contribution is 0.0524. The van der Waals surface area contributed by atoms with Gasteiger partial charge in [-0.2, -0.15) is 0 Å². The molecule has 0 aliphatic rings. The van der Waals surface area contributed by atoms with Crippen molar-refractivity contribution in [2.75, 3.05) is 20.2 Å². The normalized spacial score (nSPS) is 12.7. The highest BCUT2D eigenvalue weighted by Crippen LogP contribution is 2.29. The molecule has 1 aromatic rings. The maximum atomic E-state index is 11.7. The highest BCUT2D eigenvalue weighted by atomic mass is 35.5. The van der Waals surface area contributed by atoms with Gasteiger partial charge in [-0.25, -0.2) is 4.79 Å². The van der Waals surface area contributed by atoms with Crippen LogP contribution in [0.25, 0.3) is 0 Å². The molecule has 0 heterocycles. The zero-order valence-corrected chi connectivity index (χ0v) is 13.7. The van der Waals surface area contributed by atoms with Gasteiger partial charge in [-0.15, -0.1) is 0 Å². The summed E-state index contributed by atoms with van der Waals surface area (Å²) in [4.78, 5) is 11.7. The Morgan fingerprint density at radius 1 is 1.43 bits per heavy atom. The number of alkyl carbamates (subject to hydrolysis) is 1. The van der Waals surface area contributed by atoms with Crippen molar-refractivity contribution >= 4 is 17.7 Å². The van der Waals surface area contributed by atoms with Gasteiger partial charge >= 0.3 is 6.09 Å². The molecule has 0 fully saturated rings. The molecular formula is C15H23ClN2O3. The van der Waals surface area contributed by atoms with E-state index >= 15 is 0 Å². The van der Waals surface area contributed by atoms with Crippen LogP contribution in [0.1, 0.15) is 32.3 Å². The zero-order chi connectivity index (χ0) is 16.0. The van der Waals surface area contributed by atoms with Gasteiger partial charge in [0.15, 0.2) is 0 Å². The molecule has 0 aromatic heterocycles. The highest BCUT2D eigenvalue weighted by Gasteiger charge is 2.19. The van der Waals surface area contributed by atoms with Crippen molar-refractivity contribution in [3.8, 4) is 5.75 Å². The molecule has 0 aliphatic carbocycles. The van der Waals surface area contributed by atoms with Crippen LogP contribution >= 0.6 is 11.6 Å². The minimum absolute atomic E-state index is 0.0789. The van der Waals surface area contributed by atoms with Crippen LogP contribution in [0.5, 0.6) is 5.75 Å². The van der Waals surface area contributed by atoms with Gasteiger partial charge in [0, 0.05) is 29.6 Å². The van der Waals surface area contributed by atoms with Crippen molar-refractivity contribution in [3.05, 3.63) is 28.8 Å². The lowest BCUT2D eigenvalue weighted by Crippen LogP contribution is -2.36. The Morgan fingerprint density at radius 3 is 2.62 bits per heavy atom. The van der Waals surface area contributed by atoms with Crippen LogP contribution in [-0.4, -0.2) is 31.9 Å². The van der Waals surface area contributed by atoms with E-state index < -0.39 is 11.7 Å². The van der Waals surface area contributed by atoms with E-state index in [1.54, 1.807) is 19.2 Å². The van der Waals surface area contributed by atoms with Gasteiger partial charge in [0.1, 0.15) is 11.4 Å². The number of carbonyl (C=O) groups excluding carboxylic acids is 1. The lowest BCUT2D eigenvalue weighted by atomic mass is 9.98. The Bertz CT molecular complexity index is 486. The topological polar surface area (TPSA) is 73.6 Å². The molecule has 1 amide bonds. The second kappa shape index (κ2) is 7.52. The van der Waals surface area contributed by atoms with Crippen LogP contribution in [0.2, 0.25) is 5.02 Å². The number of methoxy groups -OCH3 is 1. The molecule has 118 valence electrons. The maximum absolute atomic E-state index is 11.7. The highest BCUT2D eigenvalue weighted by molar-refractivity contribution is 6.30. The standard InChI is InChI=1S/C15H23ClN2O3/c1-15(2,3)21-14(19)18-9-10(8-17)12-6-5-11(16)7-13(12)20-4/h5-7,10H,8-9,17H2,1-4H3,(H,18,19). The number of nitrogens with one attached hydrogen (secondary N) is 1. The largest absolute Gasteiger partial charge is 0.496 e. The van der Waals surface area contributed by atoms with E-state index in [0.717, 1.165) is 5.56 Å². The smallest absolute Gasteiger partial charge is 0.407 e. The number of benzene rings is 1. The first-order chi connectivity index (χ1) is 9.76. The molecule has 0 bridgehead atoms. The van der Waals surface area contributed by atoms with E-state index in [4.69, 9.17) is 26.8 Å². The van der Waals surface area contributed by atoms with E-state index in [9.17, 15) is 4.79 Å². The minimum atomic E-state index is -0.528. The zero-order valence-electron chi connectivity index (χ0n) is 12.9. The van der Waals surface area contributed by atoms with Crippen molar-refractivity contribution in [2.24, 2.45) is 5.73 Å². The number of carbonyl (C=O) groups is 1. The predicted molar refractivity (Wildman–Crippen MR) is 84.0 cm³/mol. The van der Waals surface area contributed by atoms with E-state index in [-0.39, 0.29) is 5.92 Å². The van der Waals surface area contributed by atoms with Gasteiger partial charge in [0.2, 0.25) is 0 Å². The second-order valence-corrected chi connectivity index (χ2v) is 6.14. The van der Waals surface area contributed by atoms with Crippen molar-refractivity contribution < 1.29 is 14.3 Å². The average molecular weight is 315 g/mol.